The smallest absolute Gasteiger partial charge is 0.203 e. The molecule has 0 unspecified atom stereocenters. The van der Waals surface area contributed by atoms with Gasteiger partial charge in [0.15, 0.2) is 5.01 Å². The maximum atomic E-state index is 13.4. The summed E-state index contributed by atoms with van der Waals surface area (Å²) in [5.41, 5.74) is 6.00. The van der Waals surface area contributed by atoms with Crippen LogP contribution in [-0.2, 0) is 0 Å². The van der Waals surface area contributed by atoms with E-state index in [4.69, 9.17) is 11.0 Å². The Labute approximate surface area is 101 Å². The highest BCUT2D eigenvalue weighted by atomic mass is 32.1. The summed E-state index contributed by atoms with van der Waals surface area (Å²) in [4.78, 5) is 0. The normalized spacial score (nSPS) is 11.2. The van der Waals surface area contributed by atoms with Crippen LogP contribution in [0.3, 0.4) is 0 Å². The predicted molar refractivity (Wildman–Crippen MR) is 64.2 cm³/mol. The van der Waals surface area contributed by atoms with Crippen molar-refractivity contribution < 1.29 is 4.39 Å². The number of aromatic nitrogens is 2. The van der Waals surface area contributed by atoms with Crippen LogP contribution in [-0.4, -0.2) is 10.2 Å². The third-order valence-corrected chi connectivity index (χ3v) is 2.78. The van der Waals surface area contributed by atoms with E-state index in [1.165, 1.54) is 12.1 Å². The molecule has 0 atom stereocenters. The van der Waals surface area contributed by atoms with E-state index in [1.54, 1.807) is 18.2 Å². The van der Waals surface area contributed by atoms with E-state index in [1.807, 2.05) is 6.07 Å². The van der Waals surface area contributed by atoms with E-state index < -0.39 is 5.82 Å². The van der Waals surface area contributed by atoms with Gasteiger partial charge in [0.05, 0.1) is 5.57 Å². The Hall–Kier alpha value is -2.26. The summed E-state index contributed by atoms with van der Waals surface area (Å²) in [5.74, 6) is -0.391. The highest BCUT2D eigenvalue weighted by molar-refractivity contribution is 7.16. The lowest BCUT2D eigenvalue weighted by molar-refractivity contribution is 0.625. The maximum absolute atomic E-state index is 13.4. The highest BCUT2D eigenvalue weighted by Crippen LogP contribution is 2.23. The maximum Gasteiger partial charge on any atom is 0.203 e. The molecule has 2 rings (SSSR count). The van der Waals surface area contributed by atoms with Crippen LogP contribution < -0.4 is 5.73 Å². The number of benzene rings is 1. The molecule has 0 saturated carbocycles. The first kappa shape index (κ1) is 11.2. The van der Waals surface area contributed by atoms with Gasteiger partial charge in [-0.3, -0.25) is 0 Å². The molecule has 84 valence electrons. The lowest BCUT2D eigenvalue weighted by atomic mass is 10.1. The molecule has 0 fully saturated rings. The molecule has 0 aliphatic heterocycles. The summed E-state index contributed by atoms with van der Waals surface area (Å²) >= 11 is 1.09. The first-order chi connectivity index (χ1) is 8.20. The van der Waals surface area contributed by atoms with Crippen molar-refractivity contribution in [1.29, 1.82) is 5.26 Å². The van der Waals surface area contributed by atoms with E-state index in [0.717, 1.165) is 11.3 Å². The van der Waals surface area contributed by atoms with Crippen LogP contribution in [0.5, 0.6) is 0 Å². The first-order valence-electron chi connectivity index (χ1n) is 4.66. The molecular formula is C11H7FN4S. The van der Waals surface area contributed by atoms with E-state index >= 15 is 0 Å². The van der Waals surface area contributed by atoms with Crippen LogP contribution in [0.1, 0.15) is 10.6 Å². The predicted octanol–water partition coefficient (Wildman–Crippen LogP) is 2.32. The molecule has 1 heterocycles. The number of anilines is 1. The fourth-order valence-corrected chi connectivity index (χ4v) is 1.81. The number of nitriles is 1. The van der Waals surface area contributed by atoms with Gasteiger partial charge in [0.1, 0.15) is 11.9 Å². The monoisotopic (exact) mass is 246 g/mol. The van der Waals surface area contributed by atoms with Crippen molar-refractivity contribution in [2.75, 3.05) is 5.73 Å². The molecule has 0 aliphatic rings. The number of hydrogen-bond donors (Lipinski definition) is 1. The molecule has 1 aromatic carbocycles. The van der Waals surface area contributed by atoms with Crippen LogP contribution in [0, 0.1) is 17.1 Å². The van der Waals surface area contributed by atoms with E-state index in [9.17, 15) is 4.39 Å². The van der Waals surface area contributed by atoms with Gasteiger partial charge < -0.3 is 5.73 Å². The van der Waals surface area contributed by atoms with Gasteiger partial charge in [0.2, 0.25) is 5.13 Å². The number of nitrogen functional groups attached to an aromatic ring is 1. The van der Waals surface area contributed by atoms with Crippen molar-refractivity contribution in [3.8, 4) is 6.07 Å². The van der Waals surface area contributed by atoms with Crippen molar-refractivity contribution in [2.24, 2.45) is 0 Å². The average Bonchev–Trinajstić information content (AvgIpc) is 2.75. The summed E-state index contributed by atoms with van der Waals surface area (Å²) in [6.07, 6.45) is 1.43. The number of rotatable bonds is 2. The molecule has 0 saturated heterocycles. The molecule has 0 amide bonds. The Morgan fingerprint density at radius 2 is 2.18 bits per heavy atom. The third kappa shape index (κ3) is 2.46. The first-order valence-corrected chi connectivity index (χ1v) is 5.48. The summed E-state index contributed by atoms with van der Waals surface area (Å²) in [5, 5.41) is 17.0. The average molecular weight is 246 g/mol. The van der Waals surface area contributed by atoms with Crippen LogP contribution in [0.15, 0.2) is 24.3 Å². The van der Waals surface area contributed by atoms with Crippen LogP contribution in [0.2, 0.25) is 0 Å². The molecule has 0 radical (unpaired) electrons. The quantitative estimate of drug-likeness (QED) is 0.825. The second-order valence-electron chi connectivity index (χ2n) is 3.14. The van der Waals surface area contributed by atoms with Crippen molar-refractivity contribution in [2.45, 2.75) is 0 Å². The molecule has 0 spiro atoms. The number of hydrogen-bond acceptors (Lipinski definition) is 5. The Morgan fingerprint density at radius 1 is 1.41 bits per heavy atom. The highest BCUT2D eigenvalue weighted by Gasteiger charge is 2.08. The molecule has 0 aliphatic carbocycles. The molecular weight excluding hydrogens is 239 g/mol. The lowest BCUT2D eigenvalue weighted by Crippen LogP contribution is -1.84. The third-order valence-electron chi connectivity index (χ3n) is 2.00. The van der Waals surface area contributed by atoms with Gasteiger partial charge in [0, 0.05) is 5.56 Å². The van der Waals surface area contributed by atoms with E-state index in [0.29, 0.717) is 10.6 Å². The molecule has 2 aromatic rings. The molecule has 1 aromatic heterocycles. The summed E-state index contributed by atoms with van der Waals surface area (Å²) in [6.45, 7) is 0. The minimum absolute atomic E-state index is 0.240. The fourth-order valence-electron chi connectivity index (χ4n) is 1.23. The summed E-state index contributed by atoms with van der Waals surface area (Å²) in [7, 11) is 0. The molecule has 0 bridgehead atoms. The lowest BCUT2D eigenvalue weighted by Gasteiger charge is -1.96. The SMILES string of the molecule is N#C/C(=C\c1ccccc1F)c1nnc(N)s1. The van der Waals surface area contributed by atoms with Crippen molar-refractivity contribution in [3.05, 3.63) is 40.7 Å². The standard InChI is InChI=1S/C11H7FN4S/c12-9-4-2-1-3-7(9)5-8(6-13)10-15-16-11(14)17-10/h1-5H,(H2,14,16)/b8-5+. The topological polar surface area (TPSA) is 75.6 Å². The second kappa shape index (κ2) is 4.72. The number of halogens is 1. The van der Waals surface area contributed by atoms with Gasteiger partial charge >= 0.3 is 0 Å². The molecule has 17 heavy (non-hydrogen) atoms. The Balaban J connectivity index is 2.44. The van der Waals surface area contributed by atoms with E-state index in [-0.39, 0.29) is 10.7 Å². The van der Waals surface area contributed by atoms with Crippen LogP contribution in [0.25, 0.3) is 11.6 Å². The van der Waals surface area contributed by atoms with Crippen LogP contribution >= 0.6 is 11.3 Å². The van der Waals surface area contributed by atoms with Gasteiger partial charge in [-0.25, -0.2) is 4.39 Å². The number of nitrogens with two attached hydrogens (primary N) is 1. The summed E-state index contributed by atoms with van der Waals surface area (Å²) < 4.78 is 13.4. The molecule has 2 N–H and O–H groups in total. The zero-order valence-electron chi connectivity index (χ0n) is 8.59. The Morgan fingerprint density at radius 3 is 2.76 bits per heavy atom. The van der Waals surface area contributed by atoms with Crippen LogP contribution in [0.4, 0.5) is 9.52 Å². The van der Waals surface area contributed by atoms with Gasteiger partial charge in [-0.15, -0.1) is 10.2 Å². The number of nitrogens with zero attached hydrogens (tertiary/aromatic N) is 3. The zero-order chi connectivity index (χ0) is 12.3. The van der Waals surface area contributed by atoms with Gasteiger partial charge in [-0.05, 0) is 12.1 Å². The Bertz CT molecular complexity index is 612. The van der Waals surface area contributed by atoms with Crippen molar-refractivity contribution in [1.82, 2.24) is 10.2 Å². The zero-order valence-corrected chi connectivity index (χ0v) is 9.41. The van der Waals surface area contributed by atoms with Gasteiger partial charge in [0.25, 0.3) is 0 Å². The van der Waals surface area contributed by atoms with Gasteiger partial charge in [-0.1, -0.05) is 29.5 Å². The minimum Gasteiger partial charge on any atom is -0.374 e. The molecule has 4 nitrogen and oxygen atoms in total. The largest absolute Gasteiger partial charge is 0.374 e. The second-order valence-corrected chi connectivity index (χ2v) is 4.15. The van der Waals surface area contributed by atoms with Crippen molar-refractivity contribution >= 4 is 28.1 Å². The van der Waals surface area contributed by atoms with E-state index in [2.05, 4.69) is 10.2 Å². The Kier molecular flexibility index (Phi) is 3.12. The minimum atomic E-state index is -0.391. The van der Waals surface area contributed by atoms with Crippen molar-refractivity contribution in [3.63, 3.8) is 0 Å². The fraction of sp³-hybridized carbons (Fsp3) is 0. The summed E-state index contributed by atoms with van der Waals surface area (Å²) in [6, 6.07) is 8.14. The molecule has 6 heteroatoms. The van der Waals surface area contributed by atoms with Gasteiger partial charge in [-0.2, -0.15) is 5.26 Å². The number of allylic oxidation sites excluding steroid dienone is 1.